The fourth-order valence-corrected chi connectivity index (χ4v) is 8.01. The van der Waals surface area contributed by atoms with E-state index in [4.69, 9.17) is 0 Å². The summed E-state index contributed by atoms with van der Waals surface area (Å²) in [5.74, 6) is -0.0664. The predicted octanol–water partition coefficient (Wildman–Crippen LogP) is 12.7. The van der Waals surface area contributed by atoms with E-state index in [1.54, 1.807) is 0 Å². The SMILES string of the molecule is c1ccc(C2=C(c3ccccc3)c3c(c4ccccc4c4ccccc34)C(c3ccccc3)C(c3ccccc3)=C2c2ccccc2)cc1. The molecule has 0 aromatic heterocycles. The summed E-state index contributed by atoms with van der Waals surface area (Å²) >= 11 is 0. The molecule has 0 N–H and O–H groups in total. The molecule has 1 unspecified atom stereocenters. The first-order chi connectivity index (χ1) is 24.4. The van der Waals surface area contributed by atoms with E-state index in [-0.39, 0.29) is 5.92 Å². The second-order valence-corrected chi connectivity index (χ2v) is 12.7. The van der Waals surface area contributed by atoms with Crippen molar-refractivity contribution in [3.8, 4) is 0 Å². The molecule has 0 radical (unpaired) electrons. The van der Waals surface area contributed by atoms with Gasteiger partial charge in [0, 0.05) is 5.92 Å². The topological polar surface area (TPSA) is 0 Å². The minimum atomic E-state index is -0.0664. The van der Waals surface area contributed by atoms with Gasteiger partial charge in [-0.3, -0.25) is 0 Å². The predicted molar refractivity (Wildman–Crippen MR) is 208 cm³/mol. The van der Waals surface area contributed by atoms with Crippen LogP contribution in [0.3, 0.4) is 0 Å². The van der Waals surface area contributed by atoms with Gasteiger partial charge in [-0.15, -0.1) is 0 Å². The van der Waals surface area contributed by atoms with Crippen LogP contribution in [-0.2, 0) is 0 Å². The van der Waals surface area contributed by atoms with Crippen molar-refractivity contribution in [1.29, 1.82) is 0 Å². The van der Waals surface area contributed by atoms with Crippen LogP contribution in [0.2, 0.25) is 0 Å². The first kappa shape index (κ1) is 28.9. The Morgan fingerprint density at radius 3 is 1.16 bits per heavy atom. The monoisotopic (exact) mass is 622 g/mol. The van der Waals surface area contributed by atoms with Crippen molar-refractivity contribution in [3.05, 3.63) is 239 Å². The summed E-state index contributed by atoms with van der Waals surface area (Å²) in [5, 5.41) is 5.11. The Morgan fingerprint density at radius 2 is 0.633 bits per heavy atom. The van der Waals surface area contributed by atoms with Crippen LogP contribution in [-0.4, -0.2) is 0 Å². The van der Waals surface area contributed by atoms with E-state index >= 15 is 0 Å². The van der Waals surface area contributed by atoms with E-state index in [2.05, 4.69) is 200 Å². The molecule has 1 aliphatic rings. The lowest BCUT2D eigenvalue weighted by atomic mass is 9.74. The molecule has 0 heteroatoms. The first-order valence-corrected chi connectivity index (χ1v) is 17.1. The molecule has 0 heterocycles. The van der Waals surface area contributed by atoms with Crippen LogP contribution in [0.5, 0.6) is 0 Å². The Kier molecular flexibility index (Phi) is 7.33. The highest BCUT2D eigenvalue weighted by Crippen LogP contribution is 2.57. The summed E-state index contributed by atoms with van der Waals surface area (Å²) in [6, 6.07) is 73.5. The summed E-state index contributed by atoms with van der Waals surface area (Å²) in [6.45, 7) is 0. The van der Waals surface area contributed by atoms with Gasteiger partial charge in [0.15, 0.2) is 0 Å². The summed E-state index contributed by atoms with van der Waals surface area (Å²) < 4.78 is 0. The molecule has 0 fully saturated rings. The Bertz CT molecular complexity index is 2490. The standard InChI is InChI=1S/C49H34/c1-6-20-34(21-7-1)43-44(35-22-8-2-9-23-35)46(37-26-12-4-13-27-37)48-41-32-18-16-30-39(41)40-31-17-19-33-42(40)49(48)47(38-28-14-5-15-29-38)45(43)36-24-10-3-11-25-36/h1-33,46H. The van der Waals surface area contributed by atoms with Crippen molar-refractivity contribution in [1.82, 2.24) is 0 Å². The van der Waals surface area contributed by atoms with Gasteiger partial charge in [-0.1, -0.05) is 200 Å². The zero-order chi connectivity index (χ0) is 32.6. The van der Waals surface area contributed by atoms with E-state index in [9.17, 15) is 0 Å². The normalized spacial score (nSPS) is 14.6. The molecule has 1 atom stereocenters. The fourth-order valence-electron chi connectivity index (χ4n) is 8.01. The van der Waals surface area contributed by atoms with Crippen LogP contribution in [0.15, 0.2) is 200 Å². The maximum atomic E-state index is 2.34. The molecule has 49 heavy (non-hydrogen) atoms. The van der Waals surface area contributed by atoms with Gasteiger partial charge in [-0.25, -0.2) is 0 Å². The zero-order valence-electron chi connectivity index (χ0n) is 27.1. The van der Waals surface area contributed by atoms with E-state index < -0.39 is 0 Å². The summed E-state index contributed by atoms with van der Waals surface area (Å²) in [6.07, 6.45) is 0. The van der Waals surface area contributed by atoms with Gasteiger partial charge in [0.2, 0.25) is 0 Å². The molecular weight excluding hydrogens is 589 g/mol. The average molecular weight is 623 g/mol. The van der Waals surface area contributed by atoms with Crippen molar-refractivity contribution in [3.63, 3.8) is 0 Å². The minimum Gasteiger partial charge on any atom is -0.0622 e. The number of hydrogen-bond acceptors (Lipinski definition) is 0. The van der Waals surface area contributed by atoms with E-state index in [0.29, 0.717) is 0 Å². The molecule has 1 aliphatic carbocycles. The number of fused-ring (bicyclic) bond motifs is 6. The van der Waals surface area contributed by atoms with Crippen LogP contribution in [0.25, 0.3) is 43.8 Å². The molecule has 0 spiro atoms. The zero-order valence-corrected chi connectivity index (χ0v) is 27.1. The minimum absolute atomic E-state index is 0.0664. The second-order valence-electron chi connectivity index (χ2n) is 12.7. The smallest absolute Gasteiger partial charge is 0.0364 e. The quantitative estimate of drug-likeness (QED) is 0.168. The van der Waals surface area contributed by atoms with Crippen molar-refractivity contribution in [2.24, 2.45) is 0 Å². The highest BCUT2D eigenvalue weighted by molar-refractivity contribution is 6.30. The molecule has 0 bridgehead atoms. The Hall–Kier alpha value is -6.24. The third-order valence-corrected chi connectivity index (χ3v) is 9.97. The fraction of sp³-hybridized carbons (Fsp3) is 0.0204. The van der Waals surface area contributed by atoms with Crippen LogP contribution in [0, 0.1) is 0 Å². The lowest BCUT2D eigenvalue weighted by Gasteiger charge is -2.28. The molecule has 0 saturated carbocycles. The van der Waals surface area contributed by atoms with Crippen molar-refractivity contribution in [2.45, 2.75) is 5.92 Å². The first-order valence-electron chi connectivity index (χ1n) is 17.1. The molecular formula is C49H34. The van der Waals surface area contributed by atoms with Gasteiger partial charge in [-0.2, -0.15) is 0 Å². The van der Waals surface area contributed by atoms with Gasteiger partial charge in [0.25, 0.3) is 0 Å². The van der Waals surface area contributed by atoms with Crippen molar-refractivity contribution < 1.29 is 0 Å². The van der Waals surface area contributed by atoms with Gasteiger partial charge >= 0.3 is 0 Å². The molecule has 9 rings (SSSR count). The molecule has 0 saturated heterocycles. The summed E-state index contributed by atoms with van der Waals surface area (Å²) in [5.41, 5.74) is 13.8. The number of allylic oxidation sites excluding steroid dienone is 3. The molecule has 0 aliphatic heterocycles. The van der Waals surface area contributed by atoms with Crippen LogP contribution in [0.1, 0.15) is 44.9 Å². The molecule has 8 aromatic carbocycles. The summed E-state index contributed by atoms with van der Waals surface area (Å²) in [4.78, 5) is 0. The maximum absolute atomic E-state index is 2.34. The van der Waals surface area contributed by atoms with Crippen molar-refractivity contribution >= 4 is 43.8 Å². The Labute approximate surface area is 288 Å². The van der Waals surface area contributed by atoms with E-state index in [1.165, 1.54) is 82.8 Å². The van der Waals surface area contributed by atoms with Gasteiger partial charge < -0.3 is 0 Å². The highest BCUT2D eigenvalue weighted by Gasteiger charge is 2.36. The second kappa shape index (κ2) is 12.4. The average Bonchev–Trinajstić information content (AvgIpc) is 3.33. The highest BCUT2D eigenvalue weighted by atomic mass is 14.4. The summed E-state index contributed by atoms with van der Waals surface area (Å²) in [7, 11) is 0. The van der Waals surface area contributed by atoms with Gasteiger partial charge in [-0.05, 0) is 82.8 Å². The van der Waals surface area contributed by atoms with Crippen molar-refractivity contribution in [2.75, 3.05) is 0 Å². The Balaban J connectivity index is 1.64. The maximum Gasteiger partial charge on any atom is 0.0364 e. The lowest BCUT2D eigenvalue weighted by molar-refractivity contribution is 1.06. The van der Waals surface area contributed by atoms with Crippen LogP contribution < -0.4 is 0 Å². The number of hydrogen-bond donors (Lipinski definition) is 0. The molecule has 8 aromatic rings. The largest absolute Gasteiger partial charge is 0.0622 e. The van der Waals surface area contributed by atoms with Gasteiger partial charge in [0.05, 0.1) is 0 Å². The molecule has 0 amide bonds. The van der Waals surface area contributed by atoms with Crippen LogP contribution >= 0.6 is 0 Å². The van der Waals surface area contributed by atoms with E-state index in [1.807, 2.05) is 0 Å². The number of rotatable bonds is 5. The number of benzene rings is 8. The molecule has 230 valence electrons. The Morgan fingerprint density at radius 1 is 0.265 bits per heavy atom. The third kappa shape index (κ3) is 4.93. The third-order valence-electron chi connectivity index (χ3n) is 9.97. The van der Waals surface area contributed by atoms with E-state index in [0.717, 1.165) is 0 Å². The molecule has 0 nitrogen and oxygen atoms in total. The lowest BCUT2D eigenvalue weighted by Crippen LogP contribution is -2.09. The van der Waals surface area contributed by atoms with Crippen LogP contribution in [0.4, 0.5) is 0 Å². The van der Waals surface area contributed by atoms with Gasteiger partial charge in [0.1, 0.15) is 0 Å².